The van der Waals surface area contributed by atoms with E-state index in [-0.39, 0.29) is 12.0 Å². The summed E-state index contributed by atoms with van der Waals surface area (Å²) in [6.07, 6.45) is 0.800. The molecule has 0 spiro atoms. The molecule has 1 aromatic rings. The number of hydrogen-bond acceptors (Lipinski definition) is 4. The van der Waals surface area contributed by atoms with E-state index in [9.17, 15) is 0 Å². The minimum atomic E-state index is 0.130. The third kappa shape index (κ3) is 4.67. The fourth-order valence-corrected chi connectivity index (χ4v) is 2.69. The summed E-state index contributed by atoms with van der Waals surface area (Å²) in [5.41, 5.74) is 1.24. The second-order valence-corrected chi connectivity index (χ2v) is 7.00. The molecular formula is C14H26N2OS. The quantitative estimate of drug-likeness (QED) is 0.835. The van der Waals surface area contributed by atoms with Crippen molar-refractivity contribution in [1.82, 2.24) is 10.3 Å². The van der Waals surface area contributed by atoms with Crippen LogP contribution < -0.4 is 5.32 Å². The van der Waals surface area contributed by atoms with Crippen LogP contribution in [0.4, 0.5) is 0 Å². The Bertz CT molecular complexity index is 355. The van der Waals surface area contributed by atoms with Gasteiger partial charge >= 0.3 is 0 Å². The summed E-state index contributed by atoms with van der Waals surface area (Å²) in [5, 5.41) is 15.8. The van der Waals surface area contributed by atoms with E-state index in [1.54, 1.807) is 11.3 Å². The number of thiazole rings is 1. The lowest BCUT2D eigenvalue weighted by Crippen LogP contribution is -2.34. The molecule has 1 unspecified atom stereocenters. The number of rotatable bonds is 6. The van der Waals surface area contributed by atoms with Crippen molar-refractivity contribution in [2.24, 2.45) is 5.92 Å². The van der Waals surface area contributed by atoms with Crippen LogP contribution >= 0.6 is 11.3 Å². The molecule has 18 heavy (non-hydrogen) atoms. The molecule has 0 aliphatic heterocycles. The molecule has 0 aromatic carbocycles. The molecule has 0 saturated heterocycles. The SMILES string of the molecule is CC(C)C(CCO)NCc1csc(C(C)(C)C)n1. The van der Waals surface area contributed by atoms with Gasteiger partial charge in [0.2, 0.25) is 0 Å². The summed E-state index contributed by atoms with van der Waals surface area (Å²) >= 11 is 1.73. The largest absolute Gasteiger partial charge is 0.396 e. The molecule has 2 N–H and O–H groups in total. The first-order valence-corrected chi connectivity index (χ1v) is 7.51. The summed E-state index contributed by atoms with van der Waals surface area (Å²) in [6.45, 7) is 11.9. The van der Waals surface area contributed by atoms with Crippen molar-refractivity contribution in [3.63, 3.8) is 0 Å². The fraction of sp³-hybridized carbons (Fsp3) is 0.786. The smallest absolute Gasteiger partial charge is 0.0982 e. The molecular weight excluding hydrogens is 244 g/mol. The highest BCUT2D eigenvalue weighted by molar-refractivity contribution is 7.09. The van der Waals surface area contributed by atoms with Crippen LogP contribution in [-0.2, 0) is 12.0 Å². The van der Waals surface area contributed by atoms with Gasteiger partial charge in [0.1, 0.15) is 0 Å². The Hall–Kier alpha value is -0.450. The summed E-state index contributed by atoms with van der Waals surface area (Å²) in [4.78, 5) is 4.67. The lowest BCUT2D eigenvalue weighted by atomic mass is 9.98. The first-order chi connectivity index (χ1) is 8.34. The number of aliphatic hydroxyl groups is 1. The molecule has 1 heterocycles. The summed E-state index contributed by atoms with van der Waals surface area (Å²) in [6, 6.07) is 0.356. The number of hydrogen-bond donors (Lipinski definition) is 2. The zero-order chi connectivity index (χ0) is 13.8. The molecule has 4 heteroatoms. The van der Waals surface area contributed by atoms with Crippen molar-refractivity contribution >= 4 is 11.3 Å². The van der Waals surface area contributed by atoms with E-state index in [1.807, 2.05) is 0 Å². The Kier molecular flexibility index (Phi) is 5.76. The van der Waals surface area contributed by atoms with E-state index in [0.29, 0.717) is 12.0 Å². The molecule has 1 aromatic heterocycles. The Morgan fingerprint density at radius 1 is 1.39 bits per heavy atom. The minimum Gasteiger partial charge on any atom is -0.396 e. The Labute approximate surface area is 115 Å². The molecule has 104 valence electrons. The topological polar surface area (TPSA) is 45.1 Å². The standard InChI is InChI=1S/C14H26N2OS/c1-10(2)12(6-7-17)15-8-11-9-18-13(16-11)14(3,4)5/h9-10,12,15,17H,6-8H2,1-5H3. The van der Waals surface area contributed by atoms with Crippen molar-refractivity contribution in [3.05, 3.63) is 16.1 Å². The number of nitrogens with zero attached hydrogens (tertiary/aromatic N) is 1. The van der Waals surface area contributed by atoms with Crippen molar-refractivity contribution in [1.29, 1.82) is 0 Å². The van der Waals surface area contributed by atoms with E-state index in [1.165, 1.54) is 5.01 Å². The van der Waals surface area contributed by atoms with Crippen LogP contribution in [0.2, 0.25) is 0 Å². The predicted octanol–water partition coefficient (Wildman–Crippen LogP) is 2.94. The van der Waals surface area contributed by atoms with Gasteiger partial charge in [-0.3, -0.25) is 0 Å². The van der Waals surface area contributed by atoms with Crippen LogP contribution in [0.5, 0.6) is 0 Å². The van der Waals surface area contributed by atoms with Crippen molar-refractivity contribution in [2.45, 2.75) is 59.0 Å². The molecule has 0 aliphatic carbocycles. The predicted molar refractivity (Wildman–Crippen MR) is 78.0 cm³/mol. The Morgan fingerprint density at radius 3 is 2.50 bits per heavy atom. The van der Waals surface area contributed by atoms with E-state index in [0.717, 1.165) is 18.7 Å². The zero-order valence-corrected chi connectivity index (χ0v) is 13.0. The van der Waals surface area contributed by atoms with Crippen LogP contribution in [0.1, 0.15) is 51.7 Å². The first-order valence-electron chi connectivity index (χ1n) is 6.63. The van der Waals surface area contributed by atoms with Crippen LogP contribution in [0.3, 0.4) is 0 Å². The van der Waals surface area contributed by atoms with Crippen LogP contribution in [0.25, 0.3) is 0 Å². The highest BCUT2D eigenvalue weighted by Crippen LogP contribution is 2.25. The third-order valence-corrected chi connectivity index (χ3v) is 4.30. The average molecular weight is 270 g/mol. The summed E-state index contributed by atoms with van der Waals surface area (Å²) < 4.78 is 0. The molecule has 0 radical (unpaired) electrons. The molecule has 1 atom stereocenters. The molecule has 0 saturated carbocycles. The van der Waals surface area contributed by atoms with Gasteiger partial charge in [0.05, 0.1) is 10.7 Å². The van der Waals surface area contributed by atoms with Gasteiger partial charge in [-0.1, -0.05) is 34.6 Å². The lowest BCUT2D eigenvalue weighted by molar-refractivity contribution is 0.243. The molecule has 1 rings (SSSR count). The Morgan fingerprint density at radius 2 is 2.06 bits per heavy atom. The van der Waals surface area contributed by atoms with E-state index in [4.69, 9.17) is 5.11 Å². The average Bonchev–Trinajstić information content (AvgIpc) is 2.71. The van der Waals surface area contributed by atoms with E-state index < -0.39 is 0 Å². The van der Waals surface area contributed by atoms with Gasteiger partial charge in [-0.05, 0) is 12.3 Å². The zero-order valence-electron chi connectivity index (χ0n) is 12.2. The van der Waals surface area contributed by atoms with Crippen LogP contribution in [-0.4, -0.2) is 22.7 Å². The Balaban J connectivity index is 2.55. The van der Waals surface area contributed by atoms with Gasteiger partial charge < -0.3 is 10.4 Å². The van der Waals surface area contributed by atoms with Crippen LogP contribution in [0, 0.1) is 5.92 Å². The maximum Gasteiger partial charge on any atom is 0.0982 e. The second kappa shape index (κ2) is 6.64. The summed E-state index contributed by atoms with van der Waals surface area (Å²) in [7, 11) is 0. The van der Waals surface area contributed by atoms with Crippen molar-refractivity contribution in [2.75, 3.05) is 6.61 Å². The lowest BCUT2D eigenvalue weighted by Gasteiger charge is -2.21. The number of aliphatic hydroxyl groups excluding tert-OH is 1. The third-order valence-electron chi connectivity index (χ3n) is 2.98. The highest BCUT2D eigenvalue weighted by atomic mass is 32.1. The van der Waals surface area contributed by atoms with Crippen LogP contribution in [0.15, 0.2) is 5.38 Å². The first kappa shape index (κ1) is 15.6. The van der Waals surface area contributed by atoms with Gasteiger partial charge in [-0.2, -0.15) is 0 Å². The maximum atomic E-state index is 9.04. The van der Waals surface area contributed by atoms with E-state index >= 15 is 0 Å². The van der Waals surface area contributed by atoms with Gasteiger partial charge in [-0.15, -0.1) is 11.3 Å². The monoisotopic (exact) mass is 270 g/mol. The fourth-order valence-electron chi connectivity index (χ4n) is 1.78. The minimum absolute atomic E-state index is 0.130. The number of nitrogens with one attached hydrogen (secondary N) is 1. The molecule has 0 aliphatic rings. The van der Waals surface area contributed by atoms with Gasteiger partial charge in [0.15, 0.2) is 0 Å². The van der Waals surface area contributed by atoms with Crippen molar-refractivity contribution in [3.8, 4) is 0 Å². The van der Waals surface area contributed by atoms with Gasteiger partial charge in [0, 0.05) is 30.0 Å². The highest BCUT2D eigenvalue weighted by Gasteiger charge is 2.18. The molecule has 3 nitrogen and oxygen atoms in total. The van der Waals surface area contributed by atoms with Gasteiger partial charge in [-0.25, -0.2) is 4.98 Å². The molecule has 0 amide bonds. The van der Waals surface area contributed by atoms with Crippen molar-refractivity contribution < 1.29 is 5.11 Å². The number of aromatic nitrogens is 1. The second-order valence-electron chi connectivity index (χ2n) is 6.14. The van der Waals surface area contributed by atoms with E-state index in [2.05, 4.69) is 50.3 Å². The maximum absolute atomic E-state index is 9.04. The molecule has 0 bridgehead atoms. The molecule has 0 fully saturated rings. The summed E-state index contributed by atoms with van der Waals surface area (Å²) in [5.74, 6) is 0.526. The normalized spacial score (nSPS) is 14.2. The van der Waals surface area contributed by atoms with Gasteiger partial charge in [0.25, 0.3) is 0 Å².